The Morgan fingerprint density at radius 3 is 2.44 bits per heavy atom. The first-order valence-corrected chi connectivity index (χ1v) is 6.17. The molecule has 16 heavy (non-hydrogen) atoms. The van der Waals surface area contributed by atoms with Gasteiger partial charge in [-0.25, -0.2) is 0 Å². The third-order valence-corrected chi connectivity index (χ3v) is 3.66. The largest absolute Gasteiger partial charge is 0.316 e. The van der Waals surface area contributed by atoms with E-state index in [0.29, 0.717) is 17.0 Å². The molecule has 2 rings (SSSR count). The zero-order valence-corrected chi connectivity index (χ0v) is 11.0. The summed E-state index contributed by atoms with van der Waals surface area (Å²) in [5.74, 6) is 0.633. The SMILES string of the molecule is CN(C)C(c1ccc(Cl)cc1Cl)C1CNC1. The summed E-state index contributed by atoms with van der Waals surface area (Å²) in [6, 6.07) is 6.13. The van der Waals surface area contributed by atoms with Crippen LogP contribution >= 0.6 is 23.2 Å². The second kappa shape index (κ2) is 4.92. The highest BCUT2D eigenvalue weighted by Crippen LogP contribution is 2.35. The van der Waals surface area contributed by atoms with Gasteiger partial charge in [0.1, 0.15) is 0 Å². The number of hydrogen-bond donors (Lipinski definition) is 1. The zero-order chi connectivity index (χ0) is 11.7. The van der Waals surface area contributed by atoms with Gasteiger partial charge in [0.15, 0.2) is 0 Å². The van der Waals surface area contributed by atoms with Crippen LogP contribution in [0.3, 0.4) is 0 Å². The average molecular weight is 259 g/mol. The molecule has 1 saturated heterocycles. The standard InChI is InChI=1S/C12H16Cl2N2/c1-16(2)12(8-6-15-7-8)10-4-3-9(13)5-11(10)14/h3-5,8,12,15H,6-7H2,1-2H3. The molecule has 0 bridgehead atoms. The molecule has 88 valence electrons. The molecule has 1 aromatic rings. The predicted molar refractivity (Wildman–Crippen MR) is 69.2 cm³/mol. The summed E-state index contributed by atoms with van der Waals surface area (Å²) >= 11 is 12.2. The van der Waals surface area contributed by atoms with Crippen molar-refractivity contribution in [1.29, 1.82) is 0 Å². The highest BCUT2D eigenvalue weighted by Gasteiger charge is 2.31. The smallest absolute Gasteiger partial charge is 0.0468 e. The Bertz CT molecular complexity index is 375. The van der Waals surface area contributed by atoms with Crippen molar-refractivity contribution in [2.75, 3.05) is 27.2 Å². The Morgan fingerprint density at radius 1 is 1.31 bits per heavy atom. The van der Waals surface area contributed by atoms with Crippen LogP contribution in [-0.4, -0.2) is 32.1 Å². The van der Waals surface area contributed by atoms with Crippen molar-refractivity contribution < 1.29 is 0 Å². The van der Waals surface area contributed by atoms with Gasteiger partial charge >= 0.3 is 0 Å². The molecule has 0 aromatic heterocycles. The summed E-state index contributed by atoms with van der Waals surface area (Å²) in [5, 5.41) is 4.76. The Labute approximate surface area is 107 Å². The van der Waals surface area contributed by atoms with Crippen LogP contribution < -0.4 is 5.32 Å². The number of rotatable bonds is 3. The minimum atomic E-state index is 0.367. The van der Waals surface area contributed by atoms with E-state index in [1.807, 2.05) is 18.2 Å². The maximum Gasteiger partial charge on any atom is 0.0468 e. The van der Waals surface area contributed by atoms with Gasteiger partial charge in [0.05, 0.1) is 0 Å². The summed E-state index contributed by atoms with van der Waals surface area (Å²) in [6.07, 6.45) is 0. The molecule has 0 saturated carbocycles. The van der Waals surface area contributed by atoms with Crippen LogP contribution in [0.4, 0.5) is 0 Å². The van der Waals surface area contributed by atoms with Crippen LogP contribution in [0.2, 0.25) is 10.0 Å². The Morgan fingerprint density at radius 2 is 2.00 bits per heavy atom. The summed E-state index contributed by atoms with van der Waals surface area (Å²) in [7, 11) is 4.18. The summed E-state index contributed by atoms with van der Waals surface area (Å²) in [4.78, 5) is 2.22. The quantitative estimate of drug-likeness (QED) is 0.897. The first-order chi connectivity index (χ1) is 7.59. The number of halogens is 2. The average Bonchev–Trinajstić information content (AvgIpc) is 2.11. The van der Waals surface area contributed by atoms with Crippen molar-refractivity contribution in [3.8, 4) is 0 Å². The summed E-state index contributed by atoms with van der Waals surface area (Å²) < 4.78 is 0. The third kappa shape index (κ3) is 2.35. The van der Waals surface area contributed by atoms with E-state index in [1.165, 1.54) is 5.56 Å². The highest BCUT2D eigenvalue weighted by atomic mass is 35.5. The molecule has 0 aliphatic carbocycles. The molecule has 0 radical (unpaired) electrons. The lowest BCUT2D eigenvalue weighted by Gasteiger charge is -2.39. The van der Waals surface area contributed by atoms with Crippen molar-refractivity contribution in [2.24, 2.45) is 5.92 Å². The molecular formula is C12H16Cl2N2. The maximum absolute atomic E-state index is 6.26. The van der Waals surface area contributed by atoms with Crippen LogP contribution in [0.15, 0.2) is 18.2 Å². The topological polar surface area (TPSA) is 15.3 Å². The minimum absolute atomic E-state index is 0.367. The molecule has 2 nitrogen and oxygen atoms in total. The van der Waals surface area contributed by atoms with Crippen LogP contribution in [-0.2, 0) is 0 Å². The van der Waals surface area contributed by atoms with E-state index in [2.05, 4.69) is 24.3 Å². The predicted octanol–water partition coefficient (Wildman–Crippen LogP) is 2.82. The molecule has 1 aliphatic heterocycles. The van der Waals surface area contributed by atoms with E-state index in [-0.39, 0.29) is 0 Å². The first-order valence-electron chi connectivity index (χ1n) is 5.41. The van der Waals surface area contributed by atoms with Gasteiger partial charge in [0.25, 0.3) is 0 Å². The van der Waals surface area contributed by atoms with Gasteiger partial charge in [-0.05, 0) is 31.8 Å². The van der Waals surface area contributed by atoms with E-state index < -0.39 is 0 Å². The second-order valence-corrected chi connectivity index (χ2v) is 5.34. The van der Waals surface area contributed by atoms with E-state index in [1.54, 1.807) is 0 Å². The molecule has 1 N–H and O–H groups in total. The lowest BCUT2D eigenvalue weighted by molar-refractivity contribution is 0.161. The van der Waals surface area contributed by atoms with Crippen molar-refractivity contribution in [3.63, 3.8) is 0 Å². The maximum atomic E-state index is 6.26. The van der Waals surface area contributed by atoms with Gasteiger partial charge in [-0.15, -0.1) is 0 Å². The molecule has 0 spiro atoms. The summed E-state index contributed by atoms with van der Waals surface area (Å²) in [5.41, 5.74) is 1.17. The lowest BCUT2D eigenvalue weighted by atomic mass is 9.88. The number of hydrogen-bond acceptors (Lipinski definition) is 2. The van der Waals surface area contributed by atoms with Crippen molar-refractivity contribution >= 4 is 23.2 Å². The third-order valence-electron chi connectivity index (χ3n) is 3.10. The van der Waals surface area contributed by atoms with Crippen LogP contribution in [0.25, 0.3) is 0 Å². The van der Waals surface area contributed by atoms with E-state index in [9.17, 15) is 0 Å². The van der Waals surface area contributed by atoms with Crippen LogP contribution in [0, 0.1) is 5.92 Å². The molecular weight excluding hydrogens is 243 g/mol. The normalized spacial score (nSPS) is 18.6. The number of benzene rings is 1. The molecule has 1 heterocycles. The van der Waals surface area contributed by atoms with Crippen molar-refractivity contribution in [3.05, 3.63) is 33.8 Å². The number of nitrogens with zero attached hydrogens (tertiary/aromatic N) is 1. The lowest BCUT2D eigenvalue weighted by Crippen LogP contribution is -2.48. The van der Waals surface area contributed by atoms with Gasteiger partial charge in [-0.3, -0.25) is 0 Å². The van der Waals surface area contributed by atoms with Crippen molar-refractivity contribution in [1.82, 2.24) is 10.2 Å². The monoisotopic (exact) mass is 258 g/mol. The van der Waals surface area contributed by atoms with Gasteiger partial charge in [-0.1, -0.05) is 29.3 Å². The number of nitrogens with one attached hydrogen (secondary N) is 1. The van der Waals surface area contributed by atoms with Gasteiger partial charge in [-0.2, -0.15) is 0 Å². The molecule has 0 amide bonds. The summed E-state index contributed by atoms with van der Waals surface area (Å²) in [6.45, 7) is 2.11. The fourth-order valence-corrected chi connectivity index (χ4v) is 2.75. The van der Waals surface area contributed by atoms with Crippen molar-refractivity contribution in [2.45, 2.75) is 6.04 Å². The second-order valence-electron chi connectivity index (χ2n) is 4.49. The Kier molecular flexibility index (Phi) is 3.75. The van der Waals surface area contributed by atoms with E-state index in [0.717, 1.165) is 18.1 Å². The molecule has 1 aliphatic rings. The highest BCUT2D eigenvalue weighted by molar-refractivity contribution is 6.35. The fraction of sp³-hybridized carbons (Fsp3) is 0.500. The Balaban J connectivity index is 2.30. The molecule has 1 unspecified atom stereocenters. The molecule has 1 aromatic carbocycles. The minimum Gasteiger partial charge on any atom is -0.316 e. The van der Waals surface area contributed by atoms with E-state index >= 15 is 0 Å². The van der Waals surface area contributed by atoms with Gasteiger partial charge in [0, 0.05) is 35.1 Å². The zero-order valence-electron chi connectivity index (χ0n) is 9.50. The fourth-order valence-electron chi connectivity index (χ4n) is 2.23. The molecule has 1 atom stereocenters. The molecule has 1 fully saturated rings. The van der Waals surface area contributed by atoms with Crippen LogP contribution in [0.5, 0.6) is 0 Å². The van der Waals surface area contributed by atoms with Gasteiger partial charge < -0.3 is 10.2 Å². The molecule has 4 heteroatoms. The Hall–Kier alpha value is -0.280. The van der Waals surface area contributed by atoms with Gasteiger partial charge in [0.2, 0.25) is 0 Å². The first kappa shape index (κ1) is 12.2. The van der Waals surface area contributed by atoms with E-state index in [4.69, 9.17) is 23.2 Å². The van der Waals surface area contributed by atoms with Crippen LogP contribution in [0.1, 0.15) is 11.6 Å².